The molecule has 2 N–H and O–H groups in total. The van der Waals surface area contributed by atoms with E-state index in [4.69, 9.17) is 4.74 Å². The Labute approximate surface area is 172 Å². The molecule has 1 saturated carbocycles. The molecule has 156 valence electrons. The van der Waals surface area contributed by atoms with Crippen LogP contribution in [0.4, 0.5) is 5.69 Å². The molecule has 0 aliphatic heterocycles. The Hall–Kier alpha value is -2.54. The molecule has 2 atom stereocenters. The molecule has 2 aromatic carbocycles. The highest BCUT2D eigenvalue weighted by molar-refractivity contribution is 7.92. The number of rotatable bonds is 7. The molecule has 29 heavy (non-hydrogen) atoms. The topological polar surface area (TPSA) is 84.5 Å². The molecular weight excluding hydrogens is 388 g/mol. The van der Waals surface area contributed by atoms with Gasteiger partial charge in [-0.1, -0.05) is 25.8 Å². The molecule has 1 aliphatic rings. The van der Waals surface area contributed by atoms with Crippen LogP contribution in [0.15, 0.2) is 53.4 Å². The van der Waals surface area contributed by atoms with Gasteiger partial charge in [-0.2, -0.15) is 0 Å². The van der Waals surface area contributed by atoms with E-state index in [1.807, 2.05) is 6.92 Å². The molecule has 0 heterocycles. The van der Waals surface area contributed by atoms with Crippen LogP contribution in [0.2, 0.25) is 0 Å². The van der Waals surface area contributed by atoms with E-state index < -0.39 is 10.0 Å². The SMILES string of the molecule is CCOc1ccc(NS(=O)(=O)c2cccc(C(=O)N[C@@H]3CCCC[C@@H]3C)c2)cc1. The van der Waals surface area contributed by atoms with Crippen LogP contribution in [-0.2, 0) is 10.0 Å². The van der Waals surface area contributed by atoms with Crippen LogP contribution in [0.3, 0.4) is 0 Å². The van der Waals surface area contributed by atoms with E-state index >= 15 is 0 Å². The average molecular weight is 417 g/mol. The normalized spacial score (nSPS) is 19.4. The highest BCUT2D eigenvalue weighted by Gasteiger charge is 2.24. The molecule has 0 saturated heterocycles. The molecular formula is C22H28N2O4S. The van der Waals surface area contributed by atoms with Gasteiger partial charge in [0.25, 0.3) is 15.9 Å². The summed E-state index contributed by atoms with van der Waals surface area (Å²) in [7, 11) is -3.81. The summed E-state index contributed by atoms with van der Waals surface area (Å²) in [5, 5.41) is 3.06. The molecule has 1 amide bonds. The summed E-state index contributed by atoms with van der Waals surface area (Å²) in [6.45, 7) is 4.57. The summed E-state index contributed by atoms with van der Waals surface area (Å²) < 4.78 is 33.4. The first-order valence-corrected chi connectivity index (χ1v) is 11.5. The van der Waals surface area contributed by atoms with Crippen LogP contribution in [0.1, 0.15) is 49.9 Å². The number of benzene rings is 2. The molecule has 6 nitrogen and oxygen atoms in total. The Balaban J connectivity index is 1.72. The smallest absolute Gasteiger partial charge is 0.261 e. The van der Waals surface area contributed by atoms with Gasteiger partial charge >= 0.3 is 0 Å². The van der Waals surface area contributed by atoms with Gasteiger partial charge < -0.3 is 10.1 Å². The largest absolute Gasteiger partial charge is 0.494 e. The van der Waals surface area contributed by atoms with Crippen molar-refractivity contribution < 1.29 is 17.9 Å². The number of ether oxygens (including phenoxy) is 1. The third-order valence-corrected chi connectivity index (χ3v) is 6.63. The van der Waals surface area contributed by atoms with Crippen LogP contribution < -0.4 is 14.8 Å². The maximum absolute atomic E-state index is 12.8. The standard InChI is InChI=1S/C22H28N2O4S/c1-3-28-19-13-11-18(12-14-19)24-29(26,27)20-9-6-8-17(15-20)22(25)23-21-10-5-4-7-16(21)2/h6,8-9,11-16,21,24H,3-5,7,10H2,1-2H3,(H,23,25)/t16-,21+/m0/s1. The van der Waals surface area contributed by atoms with Crippen LogP contribution in [-0.4, -0.2) is 27.0 Å². The van der Waals surface area contributed by atoms with Crippen molar-refractivity contribution in [1.82, 2.24) is 5.32 Å². The van der Waals surface area contributed by atoms with Gasteiger partial charge in [-0.15, -0.1) is 0 Å². The molecule has 0 bridgehead atoms. The predicted molar refractivity (Wildman–Crippen MR) is 114 cm³/mol. The van der Waals surface area contributed by atoms with Crippen LogP contribution in [0.25, 0.3) is 0 Å². The van der Waals surface area contributed by atoms with Crippen molar-refractivity contribution in [1.29, 1.82) is 0 Å². The maximum Gasteiger partial charge on any atom is 0.261 e. The molecule has 1 aliphatic carbocycles. The first kappa shape index (κ1) is 21.2. The monoisotopic (exact) mass is 416 g/mol. The molecule has 1 fully saturated rings. The van der Waals surface area contributed by atoms with Gasteiger partial charge in [0.2, 0.25) is 0 Å². The number of amides is 1. The molecule has 0 unspecified atom stereocenters. The number of carbonyl (C=O) groups is 1. The van der Waals surface area contributed by atoms with Crippen LogP contribution in [0, 0.1) is 5.92 Å². The van der Waals surface area contributed by atoms with E-state index in [1.54, 1.807) is 36.4 Å². The Bertz CT molecular complexity index is 942. The quantitative estimate of drug-likeness (QED) is 0.709. The van der Waals surface area contributed by atoms with Crippen LogP contribution >= 0.6 is 0 Å². The fourth-order valence-corrected chi connectivity index (χ4v) is 4.69. The highest BCUT2D eigenvalue weighted by atomic mass is 32.2. The maximum atomic E-state index is 12.8. The second kappa shape index (κ2) is 9.31. The summed E-state index contributed by atoms with van der Waals surface area (Å²) in [4.78, 5) is 12.7. The van der Waals surface area contributed by atoms with Gasteiger partial charge in [0.1, 0.15) is 5.75 Å². The van der Waals surface area contributed by atoms with Crippen LogP contribution in [0.5, 0.6) is 5.75 Å². The zero-order valence-corrected chi connectivity index (χ0v) is 17.7. The van der Waals surface area contributed by atoms with E-state index in [9.17, 15) is 13.2 Å². The van der Waals surface area contributed by atoms with Crippen molar-refractivity contribution in [2.75, 3.05) is 11.3 Å². The van der Waals surface area contributed by atoms with E-state index in [1.165, 1.54) is 18.6 Å². The Morgan fingerprint density at radius 3 is 2.52 bits per heavy atom. The van der Waals surface area contributed by atoms with Crippen molar-refractivity contribution in [3.63, 3.8) is 0 Å². The minimum atomic E-state index is -3.81. The van der Waals surface area contributed by atoms with Gasteiger partial charge in [-0.3, -0.25) is 9.52 Å². The summed E-state index contributed by atoms with van der Waals surface area (Å²) >= 11 is 0. The zero-order chi connectivity index (χ0) is 20.9. The molecule has 0 aromatic heterocycles. The van der Waals surface area contributed by atoms with Crippen molar-refractivity contribution >= 4 is 21.6 Å². The third kappa shape index (κ3) is 5.50. The first-order valence-electron chi connectivity index (χ1n) is 10.1. The lowest BCUT2D eigenvalue weighted by Gasteiger charge is -2.29. The number of nitrogens with one attached hydrogen (secondary N) is 2. The summed E-state index contributed by atoms with van der Waals surface area (Å²) in [5.74, 6) is 0.869. The lowest BCUT2D eigenvalue weighted by molar-refractivity contribution is 0.0910. The van der Waals surface area contributed by atoms with Crippen molar-refractivity contribution in [2.24, 2.45) is 5.92 Å². The van der Waals surface area contributed by atoms with Gasteiger partial charge in [0, 0.05) is 17.3 Å². The van der Waals surface area contributed by atoms with Crippen molar-refractivity contribution in [3.05, 3.63) is 54.1 Å². The molecule has 2 aromatic rings. The minimum Gasteiger partial charge on any atom is -0.494 e. The van der Waals surface area contributed by atoms with Gasteiger partial charge in [-0.25, -0.2) is 8.42 Å². The van der Waals surface area contributed by atoms with Gasteiger partial charge in [-0.05, 0) is 68.1 Å². The van der Waals surface area contributed by atoms with Crippen molar-refractivity contribution in [2.45, 2.75) is 50.5 Å². The fourth-order valence-electron chi connectivity index (χ4n) is 3.59. The number of hydrogen-bond acceptors (Lipinski definition) is 4. The number of hydrogen-bond donors (Lipinski definition) is 2. The summed E-state index contributed by atoms with van der Waals surface area (Å²) in [5.41, 5.74) is 0.775. The number of anilines is 1. The predicted octanol–water partition coefficient (Wildman–Crippen LogP) is 4.19. The fraction of sp³-hybridized carbons (Fsp3) is 0.409. The number of sulfonamides is 1. The van der Waals surface area contributed by atoms with E-state index in [0.29, 0.717) is 29.5 Å². The second-order valence-corrected chi connectivity index (χ2v) is 9.11. The average Bonchev–Trinajstić information content (AvgIpc) is 2.71. The minimum absolute atomic E-state index is 0.0516. The lowest BCUT2D eigenvalue weighted by Crippen LogP contribution is -2.41. The molecule has 0 radical (unpaired) electrons. The van der Waals surface area contributed by atoms with E-state index in [2.05, 4.69) is 17.0 Å². The first-order chi connectivity index (χ1) is 13.9. The Morgan fingerprint density at radius 1 is 1.10 bits per heavy atom. The Morgan fingerprint density at radius 2 is 1.83 bits per heavy atom. The molecule has 0 spiro atoms. The summed E-state index contributed by atoms with van der Waals surface area (Å²) in [6.07, 6.45) is 4.36. The summed E-state index contributed by atoms with van der Waals surface area (Å²) in [6, 6.07) is 13.0. The van der Waals surface area contributed by atoms with E-state index in [-0.39, 0.29) is 16.8 Å². The lowest BCUT2D eigenvalue weighted by atomic mass is 9.86. The Kier molecular flexibility index (Phi) is 6.79. The van der Waals surface area contributed by atoms with Gasteiger partial charge in [0.05, 0.1) is 11.5 Å². The van der Waals surface area contributed by atoms with Crippen molar-refractivity contribution in [3.8, 4) is 5.75 Å². The zero-order valence-electron chi connectivity index (χ0n) is 16.9. The third-order valence-electron chi connectivity index (χ3n) is 5.25. The number of carbonyl (C=O) groups excluding carboxylic acids is 1. The van der Waals surface area contributed by atoms with Gasteiger partial charge in [0.15, 0.2) is 0 Å². The molecule has 3 rings (SSSR count). The second-order valence-electron chi connectivity index (χ2n) is 7.43. The molecule has 7 heteroatoms. The van der Waals surface area contributed by atoms with E-state index in [0.717, 1.165) is 19.3 Å². The highest BCUT2D eigenvalue weighted by Crippen LogP contribution is 2.24.